The Morgan fingerprint density at radius 1 is 0.895 bits per heavy atom. The molecule has 9 heteroatoms. The van der Waals surface area contributed by atoms with Crippen LogP contribution in [0.15, 0.2) is 72.8 Å². The highest BCUT2D eigenvalue weighted by molar-refractivity contribution is 6.22. The van der Waals surface area contributed by atoms with Gasteiger partial charge in [-0.05, 0) is 67.4 Å². The van der Waals surface area contributed by atoms with Crippen LogP contribution in [-0.4, -0.2) is 56.2 Å². The summed E-state index contributed by atoms with van der Waals surface area (Å²) in [6, 6.07) is 19.8. The second-order valence-electron chi connectivity index (χ2n) is 8.67. The fourth-order valence-corrected chi connectivity index (χ4v) is 4.31. The summed E-state index contributed by atoms with van der Waals surface area (Å²) < 4.78 is 15.9. The van der Waals surface area contributed by atoms with E-state index < -0.39 is 18.0 Å². The molecule has 0 aromatic heterocycles. The number of nitrogens with zero attached hydrogens (tertiary/aromatic N) is 2. The van der Waals surface area contributed by atoms with Crippen molar-refractivity contribution in [3.63, 3.8) is 0 Å². The minimum Gasteiger partial charge on any atom is -0.497 e. The molecule has 1 aliphatic rings. The molecule has 0 aliphatic carbocycles. The molecular formula is C29H31N3O6. The van der Waals surface area contributed by atoms with Gasteiger partial charge in [0.05, 0.1) is 32.9 Å². The van der Waals surface area contributed by atoms with Gasteiger partial charge in [0.15, 0.2) is 0 Å². The highest BCUT2D eigenvalue weighted by atomic mass is 16.5. The van der Waals surface area contributed by atoms with Crippen molar-refractivity contribution in [1.29, 1.82) is 0 Å². The topological polar surface area (TPSA) is 97.4 Å². The molecule has 198 valence electrons. The Hall–Kier alpha value is -4.53. The van der Waals surface area contributed by atoms with Crippen molar-refractivity contribution in [1.82, 2.24) is 4.90 Å². The van der Waals surface area contributed by atoms with Gasteiger partial charge < -0.3 is 24.4 Å². The number of urea groups is 1. The van der Waals surface area contributed by atoms with Crippen molar-refractivity contribution >= 4 is 29.2 Å². The van der Waals surface area contributed by atoms with Crippen LogP contribution >= 0.6 is 0 Å². The summed E-state index contributed by atoms with van der Waals surface area (Å²) in [5.74, 6) is 1.11. The molecule has 1 atom stereocenters. The fraction of sp³-hybridized carbons (Fsp3) is 0.276. The third-order valence-corrected chi connectivity index (χ3v) is 6.26. The van der Waals surface area contributed by atoms with E-state index in [2.05, 4.69) is 5.32 Å². The van der Waals surface area contributed by atoms with Crippen molar-refractivity contribution < 1.29 is 28.6 Å². The molecule has 0 spiro atoms. The van der Waals surface area contributed by atoms with Gasteiger partial charge in [-0.3, -0.25) is 9.59 Å². The number of anilines is 2. The first-order valence-electron chi connectivity index (χ1n) is 12.4. The van der Waals surface area contributed by atoms with Crippen LogP contribution in [0.3, 0.4) is 0 Å². The Bertz CT molecular complexity index is 1280. The van der Waals surface area contributed by atoms with Crippen LogP contribution in [0, 0.1) is 0 Å². The number of imide groups is 1. The minimum atomic E-state index is -0.949. The van der Waals surface area contributed by atoms with Crippen LogP contribution in [0.4, 0.5) is 16.2 Å². The second kappa shape index (κ2) is 12.1. The first kappa shape index (κ1) is 26.5. The van der Waals surface area contributed by atoms with Gasteiger partial charge in [0, 0.05) is 18.3 Å². The molecule has 1 unspecified atom stereocenters. The maximum Gasteiger partial charge on any atom is 0.332 e. The number of carbonyl (C=O) groups excluding carboxylic acids is 3. The molecular weight excluding hydrogens is 486 g/mol. The SMILES string of the molecule is CCOc1ccc(NC(=O)CC2C(=O)N(c3cccc(OC)c3)C(=O)N2CCc2ccc(OC)cc2)cc1. The number of ether oxygens (including phenoxy) is 3. The van der Waals surface area contributed by atoms with Crippen molar-refractivity contribution in [3.8, 4) is 17.2 Å². The Morgan fingerprint density at radius 3 is 2.24 bits per heavy atom. The minimum absolute atomic E-state index is 0.180. The number of carbonyl (C=O) groups is 3. The summed E-state index contributed by atoms with van der Waals surface area (Å²) in [6.45, 7) is 2.70. The molecule has 9 nitrogen and oxygen atoms in total. The number of hydrogen-bond acceptors (Lipinski definition) is 6. The third-order valence-electron chi connectivity index (χ3n) is 6.26. The predicted octanol–water partition coefficient (Wildman–Crippen LogP) is 4.51. The normalized spacial score (nSPS) is 15.0. The number of nitrogens with one attached hydrogen (secondary N) is 1. The number of hydrogen-bond donors (Lipinski definition) is 1. The molecule has 1 heterocycles. The van der Waals surface area contributed by atoms with Crippen molar-refractivity contribution in [2.75, 3.05) is 37.6 Å². The van der Waals surface area contributed by atoms with Crippen LogP contribution in [0.25, 0.3) is 0 Å². The molecule has 4 rings (SSSR count). The Kier molecular flexibility index (Phi) is 8.47. The summed E-state index contributed by atoms with van der Waals surface area (Å²) >= 11 is 0. The number of rotatable bonds is 11. The molecule has 4 amide bonds. The standard InChI is InChI=1S/C29H31N3O6/c1-4-38-24-14-10-21(11-15-24)30-27(33)19-26-28(34)32(22-6-5-7-25(18-22)37-3)29(35)31(26)17-16-20-8-12-23(36-2)13-9-20/h5-15,18,26H,4,16-17,19H2,1-3H3,(H,30,33). The number of methoxy groups -OCH3 is 2. The van der Waals surface area contributed by atoms with E-state index in [4.69, 9.17) is 14.2 Å². The zero-order valence-electron chi connectivity index (χ0n) is 21.7. The lowest BCUT2D eigenvalue weighted by Gasteiger charge is -2.21. The van der Waals surface area contributed by atoms with E-state index in [1.807, 2.05) is 31.2 Å². The van der Waals surface area contributed by atoms with Crippen LogP contribution in [0.1, 0.15) is 18.9 Å². The van der Waals surface area contributed by atoms with Gasteiger partial charge in [-0.1, -0.05) is 18.2 Å². The maximum absolute atomic E-state index is 13.5. The summed E-state index contributed by atoms with van der Waals surface area (Å²) in [5.41, 5.74) is 1.94. The van der Waals surface area contributed by atoms with Crippen LogP contribution in [0.2, 0.25) is 0 Å². The summed E-state index contributed by atoms with van der Waals surface area (Å²) in [5, 5.41) is 2.82. The lowest BCUT2D eigenvalue weighted by atomic mass is 10.1. The lowest BCUT2D eigenvalue weighted by Crippen LogP contribution is -2.39. The zero-order valence-corrected chi connectivity index (χ0v) is 21.7. The summed E-state index contributed by atoms with van der Waals surface area (Å²) in [4.78, 5) is 42.6. The van der Waals surface area contributed by atoms with E-state index in [0.717, 1.165) is 16.2 Å². The molecule has 3 aromatic rings. The van der Waals surface area contributed by atoms with Gasteiger partial charge in [-0.25, -0.2) is 9.69 Å². The van der Waals surface area contributed by atoms with E-state index in [0.29, 0.717) is 35.9 Å². The highest BCUT2D eigenvalue weighted by Gasteiger charge is 2.46. The molecule has 1 aliphatic heterocycles. The van der Waals surface area contributed by atoms with E-state index in [1.165, 1.54) is 12.0 Å². The van der Waals surface area contributed by atoms with Gasteiger partial charge in [-0.15, -0.1) is 0 Å². The van der Waals surface area contributed by atoms with E-state index in [9.17, 15) is 14.4 Å². The van der Waals surface area contributed by atoms with Crippen molar-refractivity contribution in [2.24, 2.45) is 0 Å². The molecule has 1 saturated heterocycles. The molecule has 1 fully saturated rings. The molecule has 1 N–H and O–H groups in total. The molecule has 0 radical (unpaired) electrons. The molecule has 0 saturated carbocycles. The van der Waals surface area contributed by atoms with Gasteiger partial charge in [0.25, 0.3) is 5.91 Å². The summed E-state index contributed by atoms with van der Waals surface area (Å²) in [6.07, 6.45) is 0.326. The molecule has 38 heavy (non-hydrogen) atoms. The van der Waals surface area contributed by atoms with Crippen LogP contribution < -0.4 is 24.4 Å². The Morgan fingerprint density at radius 2 is 1.58 bits per heavy atom. The monoisotopic (exact) mass is 517 g/mol. The third kappa shape index (κ3) is 6.05. The first-order chi connectivity index (χ1) is 18.4. The zero-order chi connectivity index (χ0) is 27.1. The lowest BCUT2D eigenvalue weighted by molar-refractivity contribution is -0.124. The maximum atomic E-state index is 13.5. The van der Waals surface area contributed by atoms with Crippen molar-refractivity contribution in [2.45, 2.75) is 25.8 Å². The number of benzene rings is 3. The summed E-state index contributed by atoms with van der Waals surface area (Å²) in [7, 11) is 3.11. The van der Waals surface area contributed by atoms with Gasteiger partial charge in [0.1, 0.15) is 23.3 Å². The average molecular weight is 518 g/mol. The largest absolute Gasteiger partial charge is 0.497 e. The van der Waals surface area contributed by atoms with Gasteiger partial charge in [0.2, 0.25) is 5.91 Å². The Balaban J connectivity index is 1.53. The van der Waals surface area contributed by atoms with Crippen LogP contribution in [0.5, 0.6) is 17.2 Å². The fourth-order valence-electron chi connectivity index (χ4n) is 4.31. The Labute approximate surface area is 221 Å². The quantitative estimate of drug-likeness (QED) is 0.376. The highest BCUT2D eigenvalue weighted by Crippen LogP contribution is 2.30. The predicted molar refractivity (Wildman–Crippen MR) is 144 cm³/mol. The van der Waals surface area contributed by atoms with E-state index in [1.54, 1.807) is 55.6 Å². The van der Waals surface area contributed by atoms with Crippen molar-refractivity contribution in [3.05, 3.63) is 78.4 Å². The first-order valence-corrected chi connectivity index (χ1v) is 12.4. The number of amides is 4. The molecule has 3 aromatic carbocycles. The average Bonchev–Trinajstić information content (AvgIpc) is 3.17. The van der Waals surface area contributed by atoms with Gasteiger partial charge >= 0.3 is 6.03 Å². The van der Waals surface area contributed by atoms with E-state index >= 15 is 0 Å². The van der Waals surface area contributed by atoms with Gasteiger partial charge in [-0.2, -0.15) is 0 Å². The second-order valence-corrected chi connectivity index (χ2v) is 8.67. The van der Waals surface area contributed by atoms with Crippen LogP contribution in [-0.2, 0) is 16.0 Å². The smallest absolute Gasteiger partial charge is 0.332 e. The van der Waals surface area contributed by atoms with E-state index in [-0.39, 0.29) is 18.9 Å². The molecule has 0 bridgehead atoms.